The topological polar surface area (TPSA) is 49.9 Å². The van der Waals surface area contributed by atoms with Crippen molar-refractivity contribution in [2.45, 2.75) is 25.4 Å². The van der Waals surface area contributed by atoms with Gasteiger partial charge in [0.25, 0.3) is 0 Å². The number of hydrogen-bond donors (Lipinski definition) is 0. The van der Waals surface area contributed by atoms with Crippen molar-refractivity contribution >= 4 is 28.5 Å². The van der Waals surface area contributed by atoms with Gasteiger partial charge in [-0.15, -0.1) is 0 Å². The van der Waals surface area contributed by atoms with E-state index in [4.69, 9.17) is 16.3 Å². The Labute approximate surface area is 145 Å². The Kier molecular flexibility index (Phi) is 6.59. The highest BCUT2D eigenvalue weighted by atomic mass is 35.5. The van der Waals surface area contributed by atoms with Crippen molar-refractivity contribution < 1.29 is 13.7 Å². The number of benzene rings is 1. The number of rotatable bonds is 6. The van der Waals surface area contributed by atoms with E-state index in [1.165, 1.54) is 0 Å². The van der Waals surface area contributed by atoms with E-state index in [0.717, 1.165) is 12.0 Å². The maximum Gasteiger partial charge on any atom is 0.249 e. The number of carbonyl (C=O) groups excluding carboxylic acids is 1. The van der Waals surface area contributed by atoms with Crippen LogP contribution in [0.2, 0.25) is 5.02 Å². The molecular weight excluding hydrogens is 336 g/mol. The lowest BCUT2D eigenvalue weighted by atomic mass is 10.0. The third-order valence-corrected chi connectivity index (χ3v) is 5.72. The Balaban J connectivity index is 2.26. The van der Waals surface area contributed by atoms with Gasteiger partial charge in [0.05, 0.1) is 29.4 Å². The smallest absolute Gasteiger partial charge is 0.249 e. The van der Waals surface area contributed by atoms with Crippen LogP contribution in [-0.4, -0.2) is 58.4 Å². The molecule has 0 spiro atoms. The molecule has 7 heteroatoms. The molecule has 5 nitrogen and oxygen atoms in total. The monoisotopic (exact) mass is 358 g/mol. The Morgan fingerprint density at radius 1 is 1.39 bits per heavy atom. The minimum atomic E-state index is -1.12. The molecule has 1 heterocycles. The van der Waals surface area contributed by atoms with Gasteiger partial charge >= 0.3 is 0 Å². The van der Waals surface area contributed by atoms with E-state index in [1.54, 1.807) is 18.4 Å². The number of halogens is 1. The minimum absolute atomic E-state index is 0.0567. The summed E-state index contributed by atoms with van der Waals surface area (Å²) in [7, 11) is 2.44. The first-order valence-corrected chi connectivity index (χ1v) is 9.29. The molecule has 23 heavy (non-hydrogen) atoms. The molecule has 0 aromatic heterocycles. The zero-order valence-corrected chi connectivity index (χ0v) is 15.3. The second-order valence-corrected chi connectivity index (χ2v) is 7.89. The van der Waals surface area contributed by atoms with Crippen molar-refractivity contribution in [3.63, 3.8) is 0 Å². The summed E-state index contributed by atoms with van der Waals surface area (Å²) in [6.45, 7) is 2.53. The molecule has 128 valence electrons. The molecule has 1 saturated heterocycles. The van der Waals surface area contributed by atoms with E-state index in [-0.39, 0.29) is 24.6 Å². The molecule has 0 radical (unpaired) electrons. The Bertz CT molecular complexity index is 565. The standard InChI is InChI=1S/C16H23ClN2O3S/c1-4-14(11-23(21)18(2)3)19-15(9-22-10-16(19)20)12-5-7-13(17)8-6-12/h5-8,14-15H,4,9-11H2,1-3H3/t14-,15-,23?/m0/s1. The highest BCUT2D eigenvalue weighted by Gasteiger charge is 2.35. The highest BCUT2D eigenvalue weighted by Crippen LogP contribution is 2.29. The molecule has 0 N–H and O–H groups in total. The van der Waals surface area contributed by atoms with E-state index in [2.05, 4.69) is 0 Å². The molecule has 0 bridgehead atoms. The molecule has 0 aliphatic carbocycles. The molecule has 1 unspecified atom stereocenters. The van der Waals surface area contributed by atoms with Crippen LogP contribution < -0.4 is 0 Å². The summed E-state index contributed by atoms with van der Waals surface area (Å²) >= 11 is 5.95. The molecule has 3 atom stereocenters. The number of morpholine rings is 1. The molecule has 1 aliphatic heterocycles. The molecule has 1 aromatic carbocycles. The summed E-state index contributed by atoms with van der Waals surface area (Å²) in [4.78, 5) is 14.3. The molecule has 1 aliphatic rings. The van der Waals surface area contributed by atoms with Crippen molar-refractivity contribution in [2.75, 3.05) is 33.1 Å². The lowest BCUT2D eigenvalue weighted by Gasteiger charge is -2.41. The summed E-state index contributed by atoms with van der Waals surface area (Å²) in [5.41, 5.74) is 0.983. The highest BCUT2D eigenvalue weighted by molar-refractivity contribution is 7.82. The maximum absolute atomic E-state index is 12.5. The number of carbonyl (C=O) groups is 1. The average molecular weight is 359 g/mol. The van der Waals surface area contributed by atoms with E-state index in [9.17, 15) is 9.00 Å². The van der Waals surface area contributed by atoms with Crippen LogP contribution in [0.5, 0.6) is 0 Å². The van der Waals surface area contributed by atoms with Crippen LogP contribution in [-0.2, 0) is 20.5 Å². The van der Waals surface area contributed by atoms with Gasteiger partial charge in [0.2, 0.25) is 5.91 Å². The summed E-state index contributed by atoms with van der Waals surface area (Å²) in [5, 5.41) is 0.657. The van der Waals surface area contributed by atoms with Crippen molar-refractivity contribution in [3.8, 4) is 0 Å². The predicted molar refractivity (Wildman–Crippen MR) is 92.6 cm³/mol. The third kappa shape index (κ3) is 4.53. The van der Waals surface area contributed by atoms with Gasteiger partial charge in [-0.3, -0.25) is 4.79 Å². The molecule has 1 aromatic rings. The van der Waals surface area contributed by atoms with Crippen molar-refractivity contribution in [1.82, 2.24) is 9.21 Å². The van der Waals surface area contributed by atoms with Gasteiger partial charge in [-0.2, -0.15) is 0 Å². The SMILES string of the molecule is CC[C@@H](CS(=O)N(C)C)N1C(=O)COC[C@H]1c1ccc(Cl)cc1. The summed E-state index contributed by atoms with van der Waals surface area (Å²) in [6.07, 6.45) is 0.745. The van der Waals surface area contributed by atoms with E-state index in [1.807, 2.05) is 36.1 Å². The predicted octanol–water partition coefficient (Wildman–Crippen LogP) is 2.24. The molecule has 0 saturated carbocycles. The quantitative estimate of drug-likeness (QED) is 0.783. The van der Waals surface area contributed by atoms with Gasteiger partial charge in [-0.25, -0.2) is 8.51 Å². The summed E-state index contributed by atoms with van der Waals surface area (Å²) in [6, 6.07) is 7.20. The Hall–Kier alpha value is -0.950. The van der Waals surface area contributed by atoms with Crippen LogP contribution in [0.25, 0.3) is 0 Å². The van der Waals surface area contributed by atoms with Crippen molar-refractivity contribution in [1.29, 1.82) is 0 Å². The second-order valence-electron chi connectivity index (χ2n) is 5.75. The van der Waals surface area contributed by atoms with Crippen LogP contribution in [0.15, 0.2) is 24.3 Å². The van der Waals surface area contributed by atoms with E-state index < -0.39 is 11.0 Å². The van der Waals surface area contributed by atoms with Crippen LogP contribution in [0.4, 0.5) is 0 Å². The van der Waals surface area contributed by atoms with Crippen molar-refractivity contribution in [3.05, 3.63) is 34.9 Å². The third-order valence-electron chi connectivity index (χ3n) is 3.99. The van der Waals surface area contributed by atoms with E-state index >= 15 is 0 Å². The average Bonchev–Trinajstić information content (AvgIpc) is 2.53. The van der Waals surface area contributed by atoms with E-state index in [0.29, 0.717) is 17.4 Å². The summed E-state index contributed by atoms with van der Waals surface area (Å²) < 4.78 is 19.3. The second kappa shape index (κ2) is 8.24. The largest absolute Gasteiger partial charge is 0.369 e. The Morgan fingerprint density at radius 2 is 2.04 bits per heavy atom. The van der Waals surface area contributed by atoms with Crippen molar-refractivity contribution in [2.24, 2.45) is 0 Å². The lowest BCUT2D eigenvalue weighted by molar-refractivity contribution is -0.151. The number of ether oxygens (including phenoxy) is 1. The first-order valence-electron chi connectivity index (χ1n) is 7.64. The minimum Gasteiger partial charge on any atom is -0.369 e. The molecule has 1 amide bonds. The first-order chi connectivity index (χ1) is 10.9. The number of nitrogens with zero attached hydrogens (tertiary/aromatic N) is 2. The van der Waals surface area contributed by atoms with Gasteiger partial charge in [-0.05, 0) is 38.2 Å². The van der Waals surface area contributed by atoms with Crippen LogP contribution in [0.3, 0.4) is 0 Å². The zero-order chi connectivity index (χ0) is 17.0. The molecular formula is C16H23ClN2O3S. The zero-order valence-electron chi connectivity index (χ0n) is 13.7. The molecule has 1 fully saturated rings. The van der Waals surface area contributed by atoms with Gasteiger partial charge in [0.1, 0.15) is 6.61 Å². The first kappa shape index (κ1) is 18.4. The fourth-order valence-electron chi connectivity index (χ4n) is 2.69. The maximum atomic E-state index is 12.5. The van der Waals surface area contributed by atoms with Crippen LogP contribution in [0.1, 0.15) is 24.9 Å². The normalized spacial score (nSPS) is 21.5. The van der Waals surface area contributed by atoms with Gasteiger partial charge in [0.15, 0.2) is 0 Å². The number of amides is 1. The summed E-state index contributed by atoms with van der Waals surface area (Å²) in [5.74, 6) is 0.373. The Morgan fingerprint density at radius 3 is 2.61 bits per heavy atom. The van der Waals surface area contributed by atoms with Crippen LogP contribution in [0, 0.1) is 0 Å². The molecule has 2 rings (SSSR count). The number of hydrogen-bond acceptors (Lipinski definition) is 3. The van der Waals surface area contributed by atoms with Gasteiger partial charge in [0, 0.05) is 11.1 Å². The lowest BCUT2D eigenvalue weighted by Crippen LogP contribution is -2.51. The fraction of sp³-hybridized carbons (Fsp3) is 0.562. The fourth-order valence-corrected chi connectivity index (χ4v) is 3.84. The van der Waals surface area contributed by atoms with Gasteiger partial charge in [-0.1, -0.05) is 30.7 Å². The van der Waals surface area contributed by atoms with Gasteiger partial charge < -0.3 is 9.64 Å². The van der Waals surface area contributed by atoms with Crippen LogP contribution >= 0.6 is 11.6 Å².